The number of anilines is 1. The van der Waals surface area contributed by atoms with Gasteiger partial charge in [-0.25, -0.2) is 0 Å². The predicted molar refractivity (Wildman–Crippen MR) is 56.9 cm³/mol. The highest BCUT2D eigenvalue weighted by Crippen LogP contribution is 2.27. The van der Waals surface area contributed by atoms with Crippen molar-refractivity contribution < 1.29 is 0 Å². The van der Waals surface area contributed by atoms with Crippen LogP contribution in [0, 0.1) is 5.92 Å². The van der Waals surface area contributed by atoms with E-state index < -0.39 is 0 Å². The summed E-state index contributed by atoms with van der Waals surface area (Å²) in [7, 11) is 0. The molecule has 0 bridgehead atoms. The first-order valence-corrected chi connectivity index (χ1v) is 5.18. The van der Waals surface area contributed by atoms with E-state index in [1.165, 1.54) is 24.9 Å². The zero-order chi connectivity index (χ0) is 9.10. The molecule has 1 N–H and O–H groups in total. The molecule has 0 unspecified atom stereocenters. The van der Waals surface area contributed by atoms with Crippen LogP contribution in [0.3, 0.4) is 0 Å². The van der Waals surface area contributed by atoms with Crippen molar-refractivity contribution >= 4 is 5.69 Å². The van der Waals surface area contributed by atoms with Crippen molar-refractivity contribution in [2.24, 2.45) is 5.92 Å². The molecule has 0 heterocycles. The Morgan fingerprint density at radius 3 is 2.54 bits per heavy atom. The first-order valence-electron chi connectivity index (χ1n) is 5.18. The number of rotatable bonds is 2. The van der Waals surface area contributed by atoms with Crippen LogP contribution >= 0.6 is 0 Å². The maximum Gasteiger partial charge on any atom is 0.0342 e. The van der Waals surface area contributed by atoms with Gasteiger partial charge in [-0.05, 0) is 30.9 Å². The van der Waals surface area contributed by atoms with Crippen LogP contribution in [-0.2, 0) is 0 Å². The van der Waals surface area contributed by atoms with Crippen molar-refractivity contribution in [2.75, 3.05) is 5.32 Å². The molecular weight excluding hydrogens is 158 g/mol. The van der Waals surface area contributed by atoms with E-state index in [0.717, 1.165) is 5.92 Å². The van der Waals surface area contributed by atoms with Crippen LogP contribution in [0.25, 0.3) is 0 Å². The predicted octanol–water partition coefficient (Wildman–Crippen LogP) is 3.29. The Kier molecular flexibility index (Phi) is 2.53. The van der Waals surface area contributed by atoms with Gasteiger partial charge in [-0.15, -0.1) is 0 Å². The summed E-state index contributed by atoms with van der Waals surface area (Å²) in [6.45, 7) is 2.34. The average molecular weight is 175 g/mol. The molecule has 13 heavy (non-hydrogen) atoms. The minimum absolute atomic E-state index is 0.697. The number of nitrogens with one attached hydrogen (secondary N) is 1. The first kappa shape index (κ1) is 8.61. The Balaban J connectivity index is 1.98. The molecule has 1 nitrogen and oxygen atoms in total. The number of para-hydroxylation sites is 1. The van der Waals surface area contributed by atoms with Crippen LogP contribution in [0.2, 0.25) is 0 Å². The molecule has 70 valence electrons. The molecule has 1 aliphatic carbocycles. The molecule has 1 fully saturated rings. The van der Waals surface area contributed by atoms with Crippen LogP contribution in [-0.4, -0.2) is 6.04 Å². The van der Waals surface area contributed by atoms with Crippen molar-refractivity contribution in [3.63, 3.8) is 0 Å². The third kappa shape index (κ3) is 2.03. The summed E-state index contributed by atoms with van der Waals surface area (Å²) >= 11 is 0. The van der Waals surface area contributed by atoms with E-state index in [1.807, 2.05) is 0 Å². The lowest BCUT2D eigenvalue weighted by atomic mass is 10.1. The van der Waals surface area contributed by atoms with E-state index in [4.69, 9.17) is 0 Å². The summed E-state index contributed by atoms with van der Waals surface area (Å²) < 4.78 is 0. The fourth-order valence-electron chi connectivity index (χ4n) is 2.11. The van der Waals surface area contributed by atoms with E-state index in [0.29, 0.717) is 6.04 Å². The molecule has 1 aromatic rings. The van der Waals surface area contributed by atoms with Crippen molar-refractivity contribution in [3.8, 4) is 0 Å². The minimum atomic E-state index is 0.697. The highest BCUT2D eigenvalue weighted by atomic mass is 14.9. The first-order chi connectivity index (χ1) is 6.36. The Morgan fingerprint density at radius 2 is 1.92 bits per heavy atom. The summed E-state index contributed by atoms with van der Waals surface area (Å²) in [6.07, 6.45) is 4.09. The van der Waals surface area contributed by atoms with E-state index >= 15 is 0 Å². The van der Waals surface area contributed by atoms with Crippen LogP contribution in [0.15, 0.2) is 30.3 Å². The van der Waals surface area contributed by atoms with Gasteiger partial charge >= 0.3 is 0 Å². The van der Waals surface area contributed by atoms with Gasteiger partial charge in [0.15, 0.2) is 0 Å². The zero-order valence-electron chi connectivity index (χ0n) is 8.16. The quantitative estimate of drug-likeness (QED) is 0.727. The highest BCUT2D eigenvalue weighted by Gasteiger charge is 2.22. The SMILES string of the molecule is C[C@H]1CCC[C@@H]1Nc1ccccc1. The van der Waals surface area contributed by atoms with Gasteiger partial charge in [-0.2, -0.15) is 0 Å². The summed E-state index contributed by atoms with van der Waals surface area (Å²) in [5.41, 5.74) is 1.27. The van der Waals surface area contributed by atoms with Crippen molar-refractivity contribution in [1.82, 2.24) is 0 Å². The van der Waals surface area contributed by atoms with E-state index in [2.05, 4.69) is 42.6 Å². The molecule has 0 amide bonds. The van der Waals surface area contributed by atoms with Gasteiger partial charge in [0.2, 0.25) is 0 Å². The lowest BCUT2D eigenvalue weighted by Gasteiger charge is -2.18. The third-order valence-corrected chi connectivity index (χ3v) is 2.99. The average Bonchev–Trinajstić information content (AvgIpc) is 2.54. The van der Waals surface area contributed by atoms with E-state index in [1.54, 1.807) is 0 Å². The largest absolute Gasteiger partial charge is 0.382 e. The minimum Gasteiger partial charge on any atom is -0.382 e. The zero-order valence-corrected chi connectivity index (χ0v) is 8.16. The van der Waals surface area contributed by atoms with Gasteiger partial charge < -0.3 is 5.32 Å². The molecule has 1 saturated carbocycles. The summed E-state index contributed by atoms with van der Waals surface area (Å²) in [6, 6.07) is 11.2. The van der Waals surface area contributed by atoms with Gasteiger partial charge in [0.25, 0.3) is 0 Å². The Bertz CT molecular complexity index is 255. The second kappa shape index (κ2) is 3.82. The maximum absolute atomic E-state index is 3.59. The van der Waals surface area contributed by atoms with Gasteiger partial charge in [-0.3, -0.25) is 0 Å². The topological polar surface area (TPSA) is 12.0 Å². The normalized spacial score (nSPS) is 27.5. The van der Waals surface area contributed by atoms with Crippen molar-refractivity contribution in [2.45, 2.75) is 32.2 Å². The lowest BCUT2D eigenvalue weighted by Crippen LogP contribution is -2.21. The fourth-order valence-corrected chi connectivity index (χ4v) is 2.11. The molecule has 0 radical (unpaired) electrons. The second-order valence-corrected chi connectivity index (χ2v) is 4.03. The molecule has 2 rings (SSSR count). The molecule has 0 saturated heterocycles. The second-order valence-electron chi connectivity index (χ2n) is 4.03. The van der Waals surface area contributed by atoms with Crippen LogP contribution in [0.4, 0.5) is 5.69 Å². The molecule has 0 aliphatic heterocycles. The number of benzene rings is 1. The highest BCUT2D eigenvalue weighted by molar-refractivity contribution is 5.43. The number of hydrogen-bond donors (Lipinski definition) is 1. The third-order valence-electron chi connectivity index (χ3n) is 2.99. The Hall–Kier alpha value is -0.980. The lowest BCUT2D eigenvalue weighted by molar-refractivity contribution is 0.556. The standard InChI is InChI=1S/C12H17N/c1-10-6-5-9-12(10)13-11-7-3-2-4-8-11/h2-4,7-8,10,12-13H,5-6,9H2,1H3/t10-,12-/m0/s1. The molecule has 0 aromatic heterocycles. The monoisotopic (exact) mass is 175 g/mol. The van der Waals surface area contributed by atoms with E-state index in [9.17, 15) is 0 Å². The van der Waals surface area contributed by atoms with Gasteiger partial charge in [0.05, 0.1) is 0 Å². The molecule has 1 heteroatoms. The number of hydrogen-bond acceptors (Lipinski definition) is 1. The van der Waals surface area contributed by atoms with E-state index in [-0.39, 0.29) is 0 Å². The fraction of sp³-hybridized carbons (Fsp3) is 0.500. The van der Waals surface area contributed by atoms with Crippen molar-refractivity contribution in [3.05, 3.63) is 30.3 Å². The summed E-state index contributed by atoms with van der Waals surface area (Å²) in [5, 5.41) is 3.59. The van der Waals surface area contributed by atoms with Gasteiger partial charge in [-0.1, -0.05) is 31.5 Å². The molecular formula is C12H17N. The summed E-state index contributed by atoms with van der Waals surface area (Å²) in [5.74, 6) is 0.834. The Labute approximate surface area is 80.2 Å². The molecule has 1 aliphatic rings. The Morgan fingerprint density at radius 1 is 1.15 bits per heavy atom. The smallest absolute Gasteiger partial charge is 0.0342 e. The van der Waals surface area contributed by atoms with Crippen LogP contribution in [0.1, 0.15) is 26.2 Å². The van der Waals surface area contributed by atoms with Gasteiger partial charge in [0.1, 0.15) is 0 Å². The van der Waals surface area contributed by atoms with Gasteiger partial charge in [0, 0.05) is 11.7 Å². The molecule has 0 spiro atoms. The van der Waals surface area contributed by atoms with Crippen molar-refractivity contribution in [1.29, 1.82) is 0 Å². The summed E-state index contributed by atoms with van der Waals surface area (Å²) in [4.78, 5) is 0. The van der Waals surface area contributed by atoms with Crippen LogP contribution < -0.4 is 5.32 Å². The maximum atomic E-state index is 3.59. The molecule has 1 aromatic carbocycles. The van der Waals surface area contributed by atoms with Crippen LogP contribution in [0.5, 0.6) is 0 Å². The molecule has 2 atom stereocenters.